The van der Waals surface area contributed by atoms with E-state index >= 15 is 0 Å². The Morgan fingerprint density at radius 3 is 2.48 bits per heavy atom. The molecule has 1 aromatic carbocycles. The summed E-state index contributed by atoms with van der Waals surface area (Å²) in [5.41, 5.74) is 0.967. The summed E-state index contributed by atoms with van der Waals surface area (Å²) in [6.07, 6.45) is 0.345. The van der Waals surface area contributed by atoms with Gasteiger partial charge in [-0.2, -0.15) is 0 Å². The number of benzene rings is 1. The maximum atomic E-state index is 11.7. The zero-order valence-corrected chi connectivity index (χ0v) is 12.5. The van der Waals surface area contributed by atoms with E-state index in [1.807, 2.05) is 37.3 Å². The molecule has 0 fully saturated rings. The van der Waals surface area contributed by atoms with Gasteiger partial charge >= 0.3 is 6.03 Å². The quantitative estimate of drug-likeness (QED) is 0.617. The molecule has 1 rings (SSSR count). The number of ether oxygens (including phenoxy) is 1. The van der Waals surface area contributed by atoms with Gasteiger partial charge in [-0.3, -0.25) is 4.79 Å². The number of urea groups is 1. The minimum atomic E-state index is -0.267. The number of carbonyl (C=O) groups excluding carboxylic acids is 2. The molecule has 1 unspecified atom stereocenters. The minimum Gasteiger partial charge on any atom is -0.383 e. The molecule has 0 heterocycles. The summed E-state index contributed by atoms with van der Waals surface area (Å²) in [5, 5.41) is 8.15. The van der Waals surface area contributed by atoms with Gasteiger partial charge in [0, 0.05) is 20.2 Å². The van der Waals surface area contributed by atoms with Crippen molar-refractivity contribution in [3.63, 3.8) is 0 Å². The van der Waals surface area contributed by atoms with Crippen LogP contribution in [0, 0.1) is 0 Å². The smallest absolute Gasteiger partial charge is 0.315 e. The first-order valence-corrected chi connectivity index (χ1v) is 6.95. The van der Waals surface area contributed by atoms with Gasteiger partial charge in [-0.25, -0.2) is 4.79 Å². The molecule has 0 radical (unpaired) electrons. The number of hydrogen-bond donors (Lipinski definition) is 3. The molecule has 0 aromatic heterocycles. The highest BCUT2D eigenvalue weighted by molar-refractivity contribution is 5.78. The largest absolute Gasteiger partial charge is 0.383 e. The van der Waals surface area contributed by atoms with Crippen LogP contribution in [0.1, 0.15) is 12.5 Å². The zero-order valence-electron chi connectivity index (χ0n) is 12.5. The minimum absolute atomic E-state index is 0.0531. The average molecular weight is 293 g/mol. The predicted octanol–water partition coefficient (Wildman–Crippen LogP) is 0.679. The summed E-state index contributed by atoms with van der Waals surface area (Å²) in [4.78, 5) is 23.1. The molecule has 1 atom stereocenters. The van der Waals surface area contributed by atoms with E-state index in [0.29, 0.717) is 26.1 Å². The van der Waals surface area contributed by atoms with Gasteiger partial charge in [-0.1, -0.05) is 30.3 Å². The first-order valence-electron chi connectivity index (χ1n) is 6.95. The number of rotatable bonds is 8. The Morgan fingerprint density at radius 2 is 1.81 bits per heavy atom. The SMILES string of the molecule is COCC(C)NC(=O)NCCNC(=O)Cc1ccccc1. The number of carbonyl (C=O) groups is 2. The lowest BCUT2D eigenvalue weighted by atomic mass is 10.1. The van der Waals surface area contributed by atoms with Gasteiger partial charge in [0.05, 0.1) is 19.1 Å². The van der Waals surface area contributed by atoms with Crippen LogP contribution in [0.2, 0.25) is 0 Å². The molecular weight excluding hydrogens is 270 g/mol. The summed E-state index contributed by atoms with van der Waals surface area (Å²) in [7, 11) is 1.58. The fourth-order valence-electron chi connectivity index (χ4n) is 1.79. The van der Waals surface area contributed by atoms with E-state index in [1.54, 1.807) is 7.11 Å². The molecule has 21 heavy (non-hydrogen) atoms. The Kier molecular flexibility index (Phi) is 7.89. The van der Waals surface area contributed by atoms with Crippen molar-refractivity contribution >= 4 is 11.9 Å². The van der Waals surface area contributed by atoms with Crippen molar-refractivity contribution in [3.8, 4) is 0 Å². The van der Waals surface area contributed by atoms with Crippen molar-refractivity contribution in [1.29, 1.82) is 0 Å². The summed E-state index contributed by atoms with van der Waals surface area (Å²) in [6, 6.07) is 9.20. The van der Waals surface area contributed by atoms with E-state index in [4.69, 9.17) is 4.74 Å². The van der Waals surface area contributed by atoms with E-state index in [2.05, 4.69) is 16.0 Å². The highest BCUT2D eigenvalue weighted by atomic mass is 16.5. The predicted molar refractivity (Wildman–Crippen MR) is 81.0 cm³/mol. The number of hydrogen-bond acceptors (Lipinski definition) is 3. The van der Waals surface area contributed by atoms with Crippen molar-refractivity contribution in [2.45, 2.75) is 19.4 Å². The van der Waals surface area contributed by atoms with Crippen LogP contribution in [-0.4, -0.2) is 44.8 Å². The van der Waals surface area contributed by atoms with Crippen molar-refractivity contribution in [2.24, 2.45) is 0 Å². The van der Waals surface area contributed by atoms with Crippen molar-refractivity contribution in [3.05, 3.63) is 35.9 Å². The van der Waals surface area contributed by atoms with Crippen molar-refractivity contribution < 1.29 is 14.3 Å². The monoisotopic (exact) mass is 293 g/mol. The normalized spacial score (nSPS) is 11.5. The highest BCUT2D eigenvalue weighted by Crippen LogP contribution is 1.98. The molecule has 3 amide bonds. The first kappa shape index (κ1) is 17.0. The topological polar surface area (TPSA) is 79.5 Å². The molecule has 0 aliphatic rings. The molecule has 6 heteroatoms. The second-order valence-corrected chi connectivity index (χ2v) is 4.77. The molecule has 1 aromatic rings. The fourth-order valence-corrected chi connectivity index (χ4v) is 1.79. The molecule has 0 bridgehead atoms. The Balaban J connectivity index is 2.11. The van der Waals surface area contributed by atoms with Crippen LogP contribution in [0.4, 0.5) is 4.79 Å². The van der Waals surface area contributed by atoms with Gasteiger partial charge in [0.1, 0.15) is 0 Å². The Morgan fingerprint density at radius 1 is 1.14 bits per heavy atom. The van der Waals surface area contributed by atoms with Gasteiger partial charge in [-0.15, -0.1) is 0 Å². The van der Waals surface area contributed by atoms with Gasteiger partial charge < -0.3 is 20.7 Å². The lowest BCUT2D eigenvalue weighted by molar-refractivity contribution is -0.120. The standard InChI is InChI=1S/C15H23N3O3/c1-12(11-21-2)18-15(20)17-9-8-16-14(19)10-13-6-4-3-5-7-13/h3-7,12H,8-11H2,1-2H3,(H,16,19)(H2,17,18,20). The van der Waals surface area contributed by atoms with Crippen LogP contribution in [-0.2, 0) is 16.0 Å². The summed E-state index contributed by atoms with van der Waals surface area (Å²) >= 11 is 0. The molecule has 0 aliphatic carbocycles. The van der Waals surface area contributed by atoms with Gasteiger partial charge in [-0.05, 0) is 12.5 Å². The Hall–Kier alpha value is -2.08. The summed E-state index contributed by atoms with van der Waals surface area (Å²) < 4.78 is 4.92. The maximum Gasteiger partial charge on any atom is 0.315 e. The van der Waals surface area contributed by atoms with Crippen molar-refractivity contribution in [1.82, 2.24) is 16.0 Å². The zero-order chi connectivity index (χ0) is 15.5. The summed E-state index contributed by atoms with van der Waals surface area (Å²) in [6.45, 7) is 3.09. The lowest BCUT2D eigenvalue weighted by Crippen LogP contribution is -2.45. The van der Waals surface area contributed by atoms with E-state index in [-0.39, 0.29) is 18.0 Å². The van der Waals surface area contributed by atoms with Crippen LogP contribution in [0.15, 0.2) is 30.3 Å². The molecule has 3 N–H and O–H groups in total. The molecule has 0 spiro atoms. The van der Waals surface area contributed by atoms with Gasteiger partial charge in [0.15, 0.2) is 0 Å². The van der Waals surface area contributed by atoms with Crippen LogP contribution in [0.5, 0.6) is 0 Å². The van der Waals surface area contributed by atoms with Crippen molar-refractivity contribution in [2.75, 3.05) is 26.8 Å². The van der Waals surface area contributed by atoms with Crippen LogP contribution < -0.4 is 16.0 Å². The molecule has 0 saturated carbocycles. The van der Waals surface area contributed by atoms with E-state index in [0.717, 1.165) is 5.56 Å². The number of amides is 3. The molecule has 116 valence electrons. The highest BCUT2D eigenvalue weighted by Gasteiger charge is 2.06. The van der Waals surface area contributed by atoms with E-state index in [1.165, 1.54) is 0 Å². The second kappa shape index (κ2) is 9.77. The Bertz CT molecular complexity index is 437. The lowest BCUT2D eigenvalue weighted by Gasteiger charge is -2.13. The average Bonchev–Trinajstić information content (AvgIpc) is 2.45. The molecular formula is C15H23N3O3. The first-order chi connectivity index (χ1) is 10.1. The molecule has 6 nitrogen and oxygen atoms in total. The third-order valence-electron chi connectivity index (χ3n) is 2.73. The number of nitrogens with one attached hydrogen (secondary N) is 3. The molecule has 0 saturated heterocycles. The Labute approximate surface area is 125 Å². The van der Waals surface area contributed by atoms with Gasteiger partial charge in [0.25, 0.3) is 0 Å². The van der Waals surface area contributed by atoms with Gasteiger partial charge in [0.2, 0.25) is 5.91 Å². The van der Waals surface area contributed by atoms with Crippen LogP contribution >= 0.6 is 0 Å². The maximum absolute atomic E-state index is 11.7. The second-order valence-electron chi connectivity index (χ2n) is 4.77. The van der Waals surface area contributed by atoms with Crippen LogP contribution in [0.25, 0.3) is 0 Å². The fraction of sp³-hybridized carbons (Fsp3) is 0.467. The van der Waals surface area contributed by atoms with E-state index < -0.39 is 0 Å². The van der Waals surface area contributed by atoms with Crippen LogP contribution in [0.3, 0.4) is 0 Å². The number of methoxy groups -OCH3 is 1. The molecule has 0 aliphatic heterocycles. The third kappa shape index (κ3) is 7.94. The van der Waals surface area contributed by atoms with E-state index in [9.17, 15) is 9.59 Å². The summed E-state index contributed by atoms with van der Waals surface area (Å²) in [5.74, 6) is -0.0591. The third-order valence-corrected chi connectivity index (χ3v) is 2.73.